The van der Waals surface area contributed by atoms with E-state index >= 15 is 0 Å². The Hall–Kier alpha value is -2.57. The summed E-state index contributed by atoms with van der Waals surface area (Å²) in [5.74, 6) is 1.07. The van der Waals surface area contributed by atoms with Crippen LogP contribution in [-0.2, 0) is 6.54 Å². The largest absolute Gasteiger partial charge is 0.497 e. The molecule has 2 aliphatic heterocycles. The van der Waals surface area contributed by atoms with Gasteiger partial charge >= 0.3 is 6.03 Å². The Bertz CT molecular complexity index is 855. The summed E-state index contributed by atoms with van der Waals surface area (Å²) in [7, 11) is 1.66. The number of aliphatic hydroxyl groups is 1. The van der Waals surface area contributed by atoms with Gasteiger partial charge in [-0.25, -0.2) is 4.79 Å². The maximum Gasteiger partial charge on any atom is 0.321 e. The van der Waals surface area contributed by atoms with Crippen molar-refractivity contribution in [2.45, 2.75) is 37.9 Å². The van der Waals surface area contributed by atoms with Gasteiger partial charge in [-0.3, -0.25) is 9.80 Å². The summed E-state index contributed by atoms with van der Waals surface area (Å²) in [4.78, 5) is 17.0. The van der Waals surface area contributed by atoms with Crippen molar-refractivity contribution in [2.75, 3.05) is 31.7 Å². The zero-order chi connectivity index (χ0) is 20.4. The number of aliphatic hydroxyl groups excluding tert-OH is 1. The molecule has 0 saturated carbocycles. The van der Waals surface area contributed by atoms with Gasteiger partial charge in [-0.2, -0.15) is 0 Å². The first-order chi connectivity index (χ1) is 14.2. The number of likely N-dealkylation sites (tertiary alicyclic amines) is 1. The molecule has 4 rings (SSSR count). The second kappa shape index (κ2) is 8.43. The lowest BCUT2D eigenvalue weighted by Crippen LogP contribution is -2.69. The van der Waals surface area contributed by atoms with Gasteiger partial charge in [-0.1, -0.05) is 37.3 Å². The van der Waals surface area contributed by atoms with Crippen LogP contribution in [0.25, 0.3) is 0 Å². The zero-order valence-electron chi connectivity index (χ0n) is 17.0. The first-order valence-corrected chi connectivity index (χ1v) is 10.3. The molecule has 6 heteroatoms. The fourth-order valence-corrected chi connectivity index (χ4v) is 4.66. The number of amides is 2. The third kappa shape index (κ3) is 3.58. The number of para-hydroxylation sites is 1. The number of ether oxygens (including phenoxy) is 1. The fourth-order valence-electron chi connectivity index (χ4n) is 4.66. The van der Waals surface area contributed by atoms with E-state index in [9.17, 15) is 9.90 Å². The Balaban J connectivity index is 1.59. The highest BCUT2D eigenvalue weighted by Crippen LogP contribution is 2.48. The smallest absolute Gasteiger partial charge is 0.321 e. The number of urea groups is 1. The summed E-state index contributed by atoms with van der Waals surface area (Å²) in [6.07, 6.45) is 0.906. The predicted octanol–water partition coefficient (Wildman–Crippen LogP) is 2.96. The predicted molar refractivity (Wildman–Crippen MR) is 113 cm³/mol. The Kier molecular flexibility index (Phi) is 5.74. The van der Waals surface area contributed by atoms with E-state index in [4.69, 9.17) is 4.74 Å². The van der Waals surface area contributed by atoms with Crippen molar-refractivity contribution in [3.8, 4) is 5.75 Å². The summed E-state index contributed by atoms with van der Waals surface area (Å²) in [5, 5.41) is 13.1. The lowest BCUT2D eigenvalue weighted by atomic mass is 9.72. The Morgan fingerprint density at radius 3 is 2.66 bits per heavy atom. The molecule has 2 N–H and O–H groups in total. The van der Waals surface area contributed by atoms with Crippen LogP contribution in [0.2, 0.25) is 0 Å². The van der Waals surface area contributed by atoms with E-state index in [1.807, 2.05) is 35.2 Å². The lowest BCUT2D eigenvalue weighted by molar-refractivity contribution is -0.0485. The van der Waals surface area contributed by atoms with Crippen molar-refractivity contribution >= 4 is 11.7 Å². The highest BCUT2D eigenvalue weighted by Gasteiger charge is 2.53. The number of carbonyl (C=O) groups is 1. The van der Waals surface area contributed by atoms with Crippen molar-refractivity contribution in [3.63, 3.8) is 0 Å². The number of hydrogen-bond acceptors (Lipinski definition) is 4. The molecular weight excluding hydrogens is 366 g/mol. The molecule has 2 aliphatic rings. The molecule has 3 atom stereocenters. The molecule has 2 amide bonds. The number of nitrogens with zero attached hydrogens (tertiary/aromatic N) is 2. The molecule has 154 valence electrons. The molecule has 1 fully saturated rings. The molecule has 0 aromatic heterocycles. The zero-order valence-corrected chi connectivity index (χ0v) is 17.0. The van der Waals surface area contributed by atoms with Gasteiger partial charge in [0.05, 0.1) is 13.7 Å². The van der Waals surface area contributed by atoms with E-state index < -0.39 is 0 Å². The molecule has 1 saturated heterocycles. The van der Waals surface area contributed by atoms with Crippen molar-refractivity contribution in [1.82, 2.24) is 10.2 Å². The van der Waals surface area contributed by atoms with Crippen LogP contribution in [0.5, 0.6) is 5.75 Å². The number of benzene rings is 2. The number of hydrogen-bond donors (Lipinski definition) is 2. The molecule has 2 heterocycles. The van der Waals surface area contributed by atoms with Crippen LogP contribution < -0.4 is 15.0 Å². The first kappa shape index (κ1) is 19.7. The summed E-state index contributed by atoms with van der Waals surface area (Å²) < 4.78 is 5.25. The second-order valence-electron chi connectivity index (χ2n) is 7.76. The minimum Gasteiger partial charge on any atom is -0.497 e. The van der Waals surface area contributed by atoms with E-state index in [0.29, 0.717) is 13.1 Å². The molecule has 0 radical (unpaired) electrons. The van der Waals surface area contributed by atoms with E-state index in [2.05, 4.69) is 35.3 Å². The van der Waals surface area contributed by atoms with Gasteiger partial charge in [-0.05, 0) is 35.7 Å². The summed E-state index contributed by atoms with van der Waals surface area (Å²) >= 11 is 0. The van der Waals surface area contributed by atoms with Gasteiger partial charge in [0.15, 0.2) is 0 Å². The van der Waals surface area contributed by atoms with E-state index in [-0.39, 0.29) is 30.6 Å². The quantitative estimate of drug-likeness (QED) is 0.789. The van der Waals surface area contributed by atoms with Gasteiger partial charge in [0.25, 0.3) is 0 Å². The van der Waals surface area contributed by atoms with Crippen LogP contribution in [0.3, 0.4) is 0 Å². The Labute approximate surface area is 172 Å². The van der Waals surface area contributed by atoms with Crippen LogP contribution in [0, 0.1) is 0 Å². The van der Waals surface area contributed by atoms with Crippen LogP contribution in [0.1, 0.15) is 30.4 Å². The van der Waals surface area contributed by atoms with Gasteiger partial charge < -0.3 is 15.2 Å². The van der Waals surface area contributed by atoms with Crippen LogP contribution >= 0.6 is 0 Å². The molecule has 2 aromatic rings. The molecule has 0 spiro atoms. The molecule has 2 aromatic carbocycles. The van der Waals surface area contributed by atoms with E-state index in [1.165, 1.54) is 5.56 Å². The molecule has 0 unspecified atom stereocenters. The maximum atomic E-state index is 12.8. The van der Waals surface area contributed by atoms with Crippen molar-refractivity contribution in [2.24, 2.45) is 0 Å². The number of methoxy groups -OCH3 is 1. The Morgan fingerprint density at radius 2 is 1.97 bits per heavy atom. The first-order valence-electron chi connectivity index (χ1n) is 10.3. The highest BCUT2D eigenvalue weighted by molar-refractivity contribution is 5.94. The van der Waals surface area contributed by atoms with Crippen molar-refractivity contribution < 1.29 is 14.6 Å². The monoisotopic (exact) mass is 395 g/mol. The second-order valence-corrected chi connectivity index (χ2v) is 7.76. The number of carbonyl (C=O) groups excluding carboxylic acids is 1. The van der Waals surface area contributed by atoms with Gasteiger partial charge in [0, 0.05) is 43.3 Å². The summed E-state index contributed by atoms with van der Waals surface area (Å²) in [6, 6.07) is 16.3. The van der Waals surface area contributed by atoms with E-state index in [0.717, 1.165) is 30.0 Å². The summed E-state index contributed by atoms with van der Waals surface area (Å²) in [6.45, 7) is 4.19. The number of rotatable bonds is 6. The van der Waals surface area contributed by atoms with Crippen molar-refractivity contribution in [3.05, 3.63) is 59.7 Å². The number of nitrogens with one attached hydrogen (secondary N) is 1. The normalized spacial score (nSPS) is 23.0. The SMILES string of the molecule is CCCNC(=O)N1C[C@@H]2[C@H](c3ccccc31)[C@H](CO)N2Cc1ccc(OC)cc1. The molecular formula is C23H29N3O3. The van der Waals surface area contributed by atoms with Crippen LogP contribution in [0.4, 0.5) is 10.5 Å². The Morgan fingerprint density at radius 1 is 1.21 bits per heavy atom. The van der Waals surface area contributed by atoms with Crippen LogP contribution in [-0.4, -0.2) is 54.9 Å². The minimum atomic E-state index is -0.0467. The van der Waals surface area contributed by atoms with Crippen molar-refractivity contribution in [1.29, 1.82) is 0 Å². The number of anilines is 1. The average molecular weight is 396 g/mol. The lowest BCUT2D eigenvalue weighted by Gasteiger charge is -2.59. The van der Waals surface area contributed by atoms with E-state index in [1.54, 1.807) is 7.11 Å². The maximum absolute atomic E-state index is 12.8. The molecule has 0 aliphatic carbocycles. The van der Waals surface area contributed by atoms with Gasteiger partial charge in [-0.15, -0.1) is 0 Å². The summed E-state index contributed by atoms with van der Waals surface area (Å²) in [5.41, 5.74) is 3.29. The number of fused-ring (bicyclic) bond motifs is 3. The standard InChI is InChI=1S/C23H29N3O3/c1-3-12-24-23(28)26-14-20-22(18-6-4-5-7-19(18)26)21(15-27)25(20)13-16-8-10-17(29-2)11-9-16/h4-11,20-22,27H,3,12-15H2,1-2H3,(H,24,28)/t20-,21+,22+/m1/s1. The molecule has 0 bridgehead atoms. The molecule has 29 heavy (non-hydrogen) atoms. The van der Waals surface area contributed by atoms with Gasteiger partial charge in [0.1, 0.15) is 5.75 Å². The minimum absolute atomic E-state index is 0.0467. The topological polar surface area (TPSA) is 65.0 Å². The fraction of sp³-hybridized carbons (Fsp3) is 0.435. The van der Waals surface area contributed by atoms with Gasteiger partial charge in [0.2, 0.25) is 0 Å². The third-order valence-corrected chi connectivity index (χ3v) is 6.12. The highest BCUT2D eigenvalue weighted by atomic mass is 16.5. The third-order valence-electron chi connectivity index (χ3n) is 6.12. The van der Waals surface area contributed by atoms with Crippen LogP contribution in [0.15, 0.2) is 48.5 Å². The molecule has 6 nitrogen and oxygen atoms in total. The average Bonchev–Trinajstić information content (AvgIpc) is 2.76.